The van der Waals surface area contributed by atoms with Crippen LogP contribution in [0.5, 0.6) is 0 Å². The van der Waals surface area contributed by atoms with Gasteiger partial charge in [0, 0.05) is 18.2 Å². The van der Waals surface area contributed by atoms with E-state index in [1.165, 1.54) is 24.1 Å². The Hall–Kier alpha value is -1.32. The van der Waals surface area contributed by atoms with Gasteiger partial charge in [-0.05, 0) is 50.8 Å². The van der Waals surface area contributed by atoms with E-state index in [9.17, 15) is 0 Å². The van der Waals surface area contributed by atoms with Gasteiger partial charge >= 0.3 is 0 Å². The molecule has 3 aliphatic rings. The highest BCUT2D eigenvalue weighted by Gasteiger charge is 2.54. The fraction of sp³-hybridized carbons (Fsp3) is 0.579. The Morgan fingerprint density at radius 1 is 1.41 bits per heavy atom. The summed E-state index contributed by atoms with van der Waals surface area (Å²) in [5.41, 5.74) is 4.11. The van der Waals surface area contributed by atoms with Crippen molar-refractivity contribution in [2.75, 3.05) is 18.4 Å². The molecule has 118 valence electrons. The van der Waals surface area contributed by atoms with Crippen molar-refractivity contribution in [1.82, 2.24) is 4.90 Å². The maximum atomic E-state index is 6.66. The first kappa shape index (κ1) is 14.3. The van der Waals surface area contributed by atoms with E-state index in [2.05, 4.69) is 54.4 Å². The van der Waals surface area contributed by atoms with Crippen molar-refractivity contribution in [2.24, 2.45) is 0 Å². The van der Waals surface area contributed by atoms with Crippen molar-refractivity contribution >= 4 is 5.69 Å². The Labute approximate surface area is 133 Å². The molecule has 0 radical (unpaired) electrons. The lowest BCUT2D eigenvalue weighted by Crippen LogP contribution is -2.42. The second-order valence-corrected chi connectivity index (χ2v) is 6.83. The minimum absolute atomic E-state index is 0.176. The Morgan fingerprint density at radius 2 is 2.27 bits per heavy atom. The van der Waals surface area contributed by atoms with Gasteiger partial charge in [-0.25, -0.2) is 0 Å². The van der Waals surface area contributed by atoms with Gasteiger partial charge in [-0.2, -0.15) is 0 Å². The van der Waals surface area contributed by atoms with E-state index < -0.39 is 0 Å². The van der Waals surface area contributed by atoms with Gasteiger partial charge < -0.3 is 10.1 Å². The average molecular weight is 298 g/mol. The van der Waals surface area contributed by atoms with Crippen LogP contribution in [0.1, 0.15) is 51.0 Å². The van der Waals surface area contributed by atoms with E-state index in [1.54, 1.807) is 5.57 Å². The van der Waals surface area contributed by atoms with Crippen LogP contribution in [0.15, 0.2) is 35.9 Å². The van der Waals surface area contributed by atoms with Gasteiger partial charge in [0.1, 0.15) is 12.0 Å². The maximum absolute atomic E-state index is 6.66. The molecule has 0 saturated carbocycles. The molecule has 2 saturated heterocycles. The van der Waals surface area contributed by atoms with E-state index in [0.717, 1.165) is 25.9 Å². The minimum Gasteiger partial charge on any atom is -0.357 e. The molecule has 4 rings (SSSR count). The molecule has 3 heterocycles. The zero-order chi connectivity index (χ0) is 15.2. The summed E-state index contributed by atoms with van der Waals surface area (Å²) in [5, 5.41) is 3.75. The molecule has 0 aromatic heterocycles. The zero-order valence-corrected chi connectivity index (χ0v) is 13.6. The molecule has 0 aliphatic carbocycles. The SMILES string of the molecule is C/C=C1/CCC[C@]23Nc4ccccc4C2C[C@@H](O3)N(CC)C1. The van der Waals surface area contributed by atoms with E-state index >= 15 is 0 Å². The van der Waals surface area contributed by atoms with Gasteiger partial charge in [0.05, 0.1) is 0 Å². The first-order valence-corrected chi connectivity index (χ1v) is 8.69. The fourth-order valence-electron chi connectivity index (χ4n) is 4.49. The molecule has 1 aromatic rings. The Balaban J connectivity index is 1.69. The number of para-hydroxylation sites is 1. The summed E-state index contributed by atoms with van der Waals surface area (Å²) in [4.78, 5) is 2.50. The molecule has 3 atom stereocenters. The first-order chi connectivity index (χ1) is 10.8. The summed E-state index contributed by atoms with van der Waals surface area (Å²) in [7, 11) is 0. The van der Waals surface area contributed by atoms with Crippen LogP contribution in [0.3, 0.4) is 0 Å². The van der Waals surface area contributed by atoms with Crippen LogP contribution in [0.25, 0.3) is 0 Å². The van der Waals surface area contributed by atoms with Gasteiger partial charge in [0.2, 0.25) is 0 Å². The predicted octanol–water partition coefficient (Wildman–Crippen LogP) is 4.09. The standard InChI is InChI=1S/C19H26N2O/c1-3-14-8-7-11-19-16(12-18(22-19)21(4-2)13-14)15-9-5-6-10-17(15)20-19/h3,5-6,9-10,16,18,20H,4,7-8,11-13H2,1-2H3/b14-3-/t16?,18-,19-/m1/s1. The highest BCUT2D eigenvalue weighted by molar-refractivity contribution is 5.61. The van der Waals surface area contributed by atoms with Crippen LogP contribution in [0.4, 0.5) is 5.69 Å². The van der Waals surface area contributed by atoms with Crippen molar-refractivity contribution < 1.29 is 4.74 Å². The van der Waals surface area contributed by atoms with Gasteiger partial charge in [-0.1, -0.05) is 36.8 Å². The van der Waals surface area contributed by atoms with Crippen LogP contribution in [0.2, 0.25) is 0 Å². The van der Waals surface area contributed by atoms with E-state index in [4.69, 9.17) is 4.74 Å². The Kier molecular flexibility index (Phi) is 3.50. The Morgan fingerprint density at radius 3 is 3.09 bits per heavy atom. The zero-order valence-electron chi connectivity index (χ0n) is 13.6. The van der Waals surface area contributed by atoms with Gasteiger partial charge in [0.25, 0.3) is 0 Å². The number of likely N-dealkylation sites (N-methyl/N-ethyl adjacent to an activating group) is 1. The topological polar surface area (TPSA) is 24.5 Å². The molecular weight excluding hydrogens is 272 g/mol. The van der Waals surface area contributed by atoms with E-state index in [-0.39, 0.29) is 12.0 Å². The number of hydrogen-bond donors (Lipinski definition) is 1. The molecule has 1 unspecified atom stereocenters. The number of hydrogen-bond acceptors (Lipinski definition) is 3. The van der Waals surface area contributed by atoms with Crippen LogP contribution < -0.4 is 5.32 Å². The largest absolute Gasteiger partial charge is 0.357 e. The molecular formula is C19H26N2O. The summed E-state index contributed by atoms with van der Waals surface area (Å²) in [6, 6.07) is 8.75. The molecule has 3 aliphatic heterocycles. The molecule has 22 heavy (non-hydrogen) atoms. The normalized spacial score (nSPS) is 36.2. The number of fused-ring (bicyclic) bond motifs is 3. The molecule has 1 aromatic carbocycles. The number of nitrogens with one attached hydrogen (secondary N) is 1. The molecule has 0 amide bonds. The fourth-order valence-corrected chi connectivity index (χ4v) is 4.49. The smallest absolute Gasteiger partial charge is 0.147 e. The summed E-state index contributed by atoms with van der Waals surface area (Å²) in [5.74, 6) is 0.495. The monoisotopic (exact) mass is 298 g/mol. The van der Waals surface area contributed by atoms with Gasteiger partial charge in [0.15, 0.2) is 0 Å². The van der Waals surface area contributed by atoms with Crippen LogP contribution in [-0.2, 0) is 4.74 Å². The third-order valence-corrected chi connectivity index (χ3v) is 5.70. The number of benzene rings is 1. The molecule has 1 N–H and O–H groups in total. The van der Waals surface area contributed by atoms with Crippen molar-refractivity contribution in [3.8, 4) is 0 Å². The number of anilines is 1. The summed E-state index contributed by atoms with van der Waals surface area (Å²) >= 11 is 0. The highest BCUT2D eigenvalue weighted by Crippen LogP contribution is 2.54. The summed E-state index contributed by atoms with van der Waals surface area (Å²) in [6.07, 6.45) is 7.13. The number of allylic oxidation sites excluding steroid dienone is 1. The molecule has 2 fully saturated rings. The predicted molar refractivity (Wildman–Crippen MR) is 89.9 cm³/mol. The third kappa shape index (κ3) is 2.10. The lowest BCUT2D eigenvalue weighted by atomic mass is 9.86. The van der Waals surface area contributed by atoms with E-state index in [1.807, 2.05) is 0 Å². The maximum Gasteiger partial charge on any atom is 0.147 e. The van der Waals surface area contributed by atoms with Crippen LogP contribution in [-0.4, -0.2) is 29.9 Å². The molecule has 2 bridgehead atoms. The Bertz CT molecular complexity index is 597. The minimum atomic E-state index is -0.176. The number of nitrogens with zero attached hydrogens (tertiary/aromatic N) is 1. The van der Waals surface area contributed by atoms with Gasteiger partial charge in [-0.15, -0.1) is 0 Å². The van der Waals surface area contributed by atoms with Crippen LogP contribution in [0, 0.1) is 0 Å². The van der Waals surface area contributed by atoms with E-state index in [0.29, 0.717) is 5.92 Å². The lowest BCUT2D eigenvalue weighted by molar-refractivity contribution is -0.0920. The quantitative estimate of drug-likeness (QED) is 0.790. The average Bonchev–Trinajstić information content (AvgIpc) is 3.05. The number of ether oxygens (including phenoxy) is 1. The second kappa shape index (κ2) is 5.39. The van der Waals surface area contributed by atoms with Crippen LogP contribution >= 0.6 is 0 Å². The summed E-state index contributed by atoms with van der Waals surface area (Å²) in [6.45, 7) is 6.52. The third-order valence-electron chi connectivity index (χ3n) is 5.70. The van der Waals surface area contributed by atoms with Gasteiger partial charge in [-0.3, -0.25) is 4.90 Å². The van der Waals surface area contributed by atoms with Crippen molar-refractivity contribution in [2.45, 2.75) is 57.4 Å². The number of rotatable bonds is 1. The molecule has 3 heteroatoms. The van der Waals surface area contributed by atoms with Crippen molar-refractivity contribution in [3.05, 3.63) is 41.5 Å². The molecule has 1 spiro atoms. The second-order valence-electron chi connectivity index (χ2n) is 6.83. The molecule has 3 nitrogen and oxygen atoms in total. The summed E-state index contributed by atoms with van der Waals surface area (Å²) < 4.78 is 6.66. The highest BCUT2D eigenvalue weighted by atomic mass is 16.5. The van der Waals surface area contributed by atoms with Crippen molar-refractivity contribution in [1.29, 1.82) is 0 Å². The first-order valence-electron chi connectivity index (χ1n) is 8.69. The van der Waals surface area contributed by atoms with Crippen molar-refractivity contribution in [3.63, 3.8) is 0 Å². The lowest BCUT2D eigenvalue weighted by Gasteiger charge is -2.32.